The Hall–Kier alpha value is -1.23. The smallest absolute Gasteiger partial charge is 0.156 e. The summed E-state index contributed by atoms with van der Waals surface area (Å²) < 4.78 is 29.2. The molecule has 0 fully saturated rings. The molecule has 0 heterocycles. The van der Waals surface area contributed by atoms with E-state index in [1.807, 2.05) is 13.8 Å². The quantitative estimate of drug-likeness (QED) is 0.804. The molecule has 1 atom stereocenters. The van der Waals surface area contributed by atoms with Crippen LogP contribution >= 0.6 is 0 Å². The number of rotatable bonds is 6. The molecule has 0 radical (unpaired) electrons. The Morgan fingerprint density at radius 1 is 1.17 bits per heavy atom. The van der Waals surface area contributed by atoms with E-state index in [1.54, 1.807) is 31.2 Å². The normalized spacial score (nSPS) is 13.6. The Morgan fingerprint density at radius 2 is 1.72 bits per heavy atom. The number of hydrogen-bond acceptors (Lipinski definition) is 4. The first-order chi connectivity index (χ1) is 8.33. The van der Waals surface area contributed by atoms with Crippen LogP contribution in [0.5, 0.6) is 5.75 Å². The van der Waals surface area contributed by atoms with E-state index in [2.05, 4.69) is 0 Å². The summed E-state index contributed by atoms with van der Waals surface area (Å²) in [5.74, 6) is 0.791. The monoisotopic (exact) mass is 271 g/mol. The van der Waals surface area contributed by atoms with Crippen molar-refractivity contribution in [3.8, 4) is 5.75 Å². The molecule has 1 rings (SSSR count). The minimum Gasteiger partial charge on any atom is -0.493 e. The summed E-state index contributed by atoms with van der Waals surface area (Å²) in [4.78, 5) is 0. The molecule has 0 bridgehead atoms. The SMILES string of the molecule is CC(C)C(C)S(=O)(=O)CCOc1ccc(N)cc1. The van der Waals surface area contributed by atoms with Gasteiger partial charge in [-0.3, -0.25) is 0 Å². The van der Waals surface area contributed by atoms with Crippen molar-refractivity contribution >= 4 is 15.5 Å². The Kier molecular flexibility index (Phi) is 5.02. The van der Waals surface area contributed by atoms with Gasteiger partial charge in [0, 0.05) is 5.69 Å². The van der Waals surface area contributed by atoms with Crippen molar-refractivity contribution in [2.75, 3.05) is 18.1 Å². The summed E-state index contributed by atoms with van der Waals surface area (Å²) in [7, 11) is -3.09. The lowest BCUT2D eigenvalue weighted by Crippen LogP contribution is -2.28. The van der Waals surface area contributed by atoms with Crippen LogP contribution in [0.15, 0.2) is 24.3 Å². The van der Waals surface area contributed by atoms with Crippen LogP contribution in [0.3, 0.4) is 0 Å². The fourth-order valence-corrected chi connectivity index (χ4v) is 2.96. The highest BCUT2D eigenvalue weighted by molar-refractivity contribution is 7.92. The molecule has 5 heteroatoms. The average molecular weight is 271 g/mol. The highest BCUT2D eigenvalue weighted by Gasteiger charge is 2.23. The van der Waals surface area contributed by atoms with E-state index < -0.39 is 9.84 Å². The Morgan fingerprint density at radius 3 is 2.22 bits per heavy atom. The second-order valence-electron chi connectivity index (χ2n) is 4.73. The van der Waals surface area contributed by atoms with E-state index >= 15 is 0 Å². The van der Waals surface area contributed by atoms with Crippen molar-refractivity contribution < 1.29 is 13.2 Å². The van der Waals surface area contributed by atoms with Crippen LogP contribution in [-0.2, 0) is 9.84 Å². The maximum atomic E-state index is 11.9. The third-order valence-corrected chi connectivity index (χ3v) is 5.43. The summed E-state index contributed by atoms with van der Waals surface area (Å²) in [6, 6.07) is 6.91. The highest BCUT2D eigenvalue weighted by atomic mass is 32.2. The van der Waals surface area contributed by atoms with Gasteiger partial charge in [0.15, 0.2) is 9.84 Å². The molecule has 0 aromatic heterocycles. The zero-order chi connectivity index (χ0) is 13.8. The fraction of sp³-hybridized carbons (Fsp3) is 0.538. The minimum atomic E-state index is -3.09. The summed E-state index contributed by atoms with van der Waals surface area (Å²) in [5, 5.41) is -0.340. The molecule has 18 heavy (non-hydrogen) atoms. The van der Waals surface area contributed by atoms with Gasteiger partial charge >= 0.3 is 0 Å². The van der Waals surface area contributed by atoms with Crippen LogP contribution in [-0.4, -0.2) is 26.0 Å². The summed E-state index contributed by atoms with van der Waals surface area (Å²) >= 11 is 0. The minimum absolute atomic E-state index is 0.0384. The second kappa shape index (κ2) is 6.09. The molecule has 0 spiro atoms. The number of nitrogens with two attached hydrogens (primary N) is 1. The second-order valence-corrected chi connectivity index (χ2v) is 7.21. The first kappa shape index (κ1) is 14.8. The third-order valence-electron chi connectivity index (χ3n) is 3.02. The molecule has 2 N–H and O–H groups in total. The molecule has 0 aliphatic carbocycles. The van der Waals surface area contributed by atoms with Crippen LogP contribution in [0, 0.1) is 5.92 Å². The van der Waals surface area contributed by atoms with Crippen LogP contribution in [0.4, 0.5) is 5.69 Å². The van der Waals surface area contributed by atoms with Gasteiger partial charge in [-0.15, -0.1) is 0 Å². The lowest BCUT2D eigenvalue weighted by Gasteiger charge is -2.16. The van der Waals surface area contributed by atoms with Gasteiger partial charge in [0.2, 0.25) is 0 Å². The summed E-state index contributed by atoms with van der Waals surface area (Å²) in [6.07, 6.45) is 0. The topological polar surface area (TPSA) is 69.4 Å². The molecule has 0 aliphatic heterocycles. The van der Waals surface area contributed by atoms with E-state index in [0.717, 1.165) is 0 Å². The molecule has 1 aromatic rings. The van der Waals surface area contributed by atoms with Crippen molar-refractivity contribution in [1.82, 2.24) is 0 Å². The van der Waals surface area contributed by atoms with Gasteiger partial charge < -0.3 is 10.5 Å². The maximum absolute atomic E-state index is 11.9. The van der Waals surface area contributed by atoms with E-state index in [1.165, 1.54) is 0 Å². The van der Waals surface area contributed by atoms with Crippen molar-refractivity contribution in [2.45, 2.75) is 26.0 Å². The van der Waals surface area contributed by atoms with E-state index in [4.69, 9.17) is 10.5 Å². The molecule has 0 saturated carbocycles. The molecule has 4 nitrogen and oxygen atoms in total. The van der Waals surface area contributed by atoms with Gasteiger partial charge in [0.1, 0.15) is 12.4 Å². The predicted octanol–water partition coefficient (Wildman–Crippen LogP) is 2.11. The Labute approximate surface area is 109 Å². The van der Waals surface area contributed by atoms with Crippen molar-refractivity contribution in [3.63, 3.8) is 0 Å². The molecule has 1 unspecified atom stereocenters. The van der Waals surface area contributed by atoms with Crippen molar-refractivity contribution in [3.05, 3.63) is 24.3 Å². The lowest BCUT2D eigenvalue weighted by molar-refractivity contribution is 0.340. The molecular weight excluding hydrogens is 250 g/mol. The third kappa shape index (κ3) is 4.22. The first-order valence-corrected chi connectivity index (χ1v) is 7.74. The molecule has 1 aromatic carbocycles. The predicted molar refractivity (Wildman–Crippen MR) is 74.4 cm³/mol. The van der Waals surface area contributed by atoms with Crippen molar-refractivity contribution in [2.24, 2.45) is 5.92 Å². The van der Waals surface area contributed by atoms with Gasteiger partial charge in [-0.2, -0.15) is 0 Å². The molecule has 0 amide bonds. The van der Waals surface area contributed by atoms with Gasteiger partial charge in [-0.25, -0.2) is 8.42 Å². The first-order valence-electron chi connectivity index (χ1n) is 6.03. The number of hydrogen-bond donors (Lipinski definition) is 1. The number of benzene rings is 1. The molecular formula is C13H21NO3S. The number of anilines is 1. The van der Waals surface area contributed by atoms with Gasteiger partial charge in [0.25, 0.3) is 0 Å². The lowest BCUT2D eigenvalue weighted by atomic mass is 10.2. The average Bonchev–Trinajstić information content (AvgIpc) is 2.30. The van der Waals surface area contributed by atoms with E-state index in [-0.39, 0.29) is 23.5 Å². The molecule has 102 valence electrons. The summed E-state index contributed by atoms with van der Waals surface area (Å²) in [6.45, 7) is 5.72. The number of sulfone groups is 1. The van der Waals surface area contributed by atoms with E-state index in [0.29, 0.717) is 11.4 Å². The standard InChI is InChI=1S/C13H21NO3S/c1-10(2)11(3)18(15,16)9-8-17-13-6-4-12(14)5-7-13/h4-7,10-11H,8-9,14H2,1-3H3. The highest BCUT2D eigenvalue weighted by Crippen LogP contribution is 2.15. The summed E-state index contributed by atoms with van der Waals surface area (Å²) in [5.41, 5.74) is 6.20. The van der Waals surface area contributed by atoms with Gasteiger partial charge in [-0.1, -0.05) is 13.8 Å². The van der Waals surface area contributed by atoms with Crippen LogP contribution in [0.25, 0.3) is 0 Å². The van der Waals surface area contributed by atoms with Crippen LogP contribution < -0.4 is 10.5 Å². The Balaban J connectivity index is 2.49. The molecule has 0 saturated heterocycles. The number of ether oxygens (including phenoxy) is 1. The van der Waals surface area contributed by atoms with Crippen LogP contribution in [0.1, 0.15) is 20.8 Å². The van der Waals surface area contributed by atoms with Crippen molar-refractivity contribution in [1.29, 1.82) is 0 Å². The zero-order valence-corrected chi connectivity index (χ0v) is 11.9. The van der Waals surface area contributed by atoms with Gasteiger partial charge in [0.05, 0.1) is 11.0 Å². The van der Waals surface area contributed by atoms with Gasteiger partial charge in [-0.05, 0) is 37.1 Å². The largest absolute Gasteiger partial charge is 0.493 e. The Bertz CT molecular complexity index is 466. The zero-order valence-electron chi connectivity index (χ0n) is 11.1. The van der Waals surface area contributed by atoms with E-state index in [9.17, 15) is 8.42 Å². The molecule has 0 aliphatic rings. The fourth-order valence-electron chi connectivity index (χ4n) is 1.44. The number of nitrogen functional groups attached to an aromatic ring is 1. The van der Waals surface area contributed by atoms with Crippen LogP contribution in [0.2, 0.25) is 0 Å². The maximum Gasteiger partial charge on any atom is 0.156 e.